The molecule has 0 saturated carbocycles. The molecule has 2 N–H and O–H groups in total. The first-order valence-corrected chi connectivity index (χ1v) is 6.71. The molecule has 0 aliphatic rings. The van der Waals surface area contributed by atoms with E-state index >= 15 is 0 Å². The Morgan fingerprint density at radius 2 is 2.00 bits per heavy atom. The quantitative estimate of drug-likeness (QED) is 0.815. The zero-order chi connectivity index (χ0) is 13.8. The summed E-state index contributed by atoms with van der Waals surface area (Å²) in [6, 6.07) is 0. The molecule has 0 amide bonds. The normalized spacial score (nSPS) is 15.7. The highest BCUT2D eigenvalue weighted by atomic mass is 16.3. The summed E-state index contributed by atoms with van der Waals surface area (Å²) in [5, 5.41) is 13.8. The number of aliphatic hydroxyl groups is 1. The van der Waals surface area contributed by atoms with Gasteiger partial charge in [0.25, 0.3) is 0 Å². The number of β-amino-alcohol motifs (C(OH)–C–C–N with tert-alkyl or cyclic N) is 1. The molecule has 0 spiro atoms. The van der Waals surface area contributed by atoms with E-state index < -0.39 is 5.60 Å². The van der Waals surface area contributed by atoms with Gasteiger partial charge >= 0.3 is 0 Å². The average molecular weight is 253 g/mol. The zero-order valence-electron chi connectivity index (χ0n) is 12.3. The van der Waals surface area contributed by atoms with Gasteiger partial charge in [-0.05, 0) is 34.1 Å². The Balaban J connectivity index is 2.61. The number of hydrogen-bond acceptors (Lipinski definition) is 3. The van der Waals surface area contributed by atoms with E-state index in [2.05, 4.69) is 42.6 Å². The van der Waals surface area contributed by atoms with E-state index in [0.717, 1.165) is 18.8 Å². The lowest BCUT2D eigenvalue weighted by Gasteiger charge is -2.29. The number of nitrogens with zero attached hydrogens (tertiary/aromatic N) is 2. The van der Waals surface area contributed by atoms with Crippen molar-refractivity contribution in [3.05, 3.63) is 18.2 Å². The fraction of sp³-hybridized carbons (Fsp3) is 0.786. The highest BCUT2D eigenvalue weighted by Crippen LogP contribution is 2.13. The van der Waals surface area contributed by atoms with Crippen molar-refractivity contribution in [1.82, 2.24) is 14.9 Å². The molecular formula is C14H27N3O. The fourth-order valence-corrected chi connectivity index (χ4v) is 1.81. The lowest BCUT2D eigenvalue weighted by molar-refractivity contribution is 0.0507. The third kappa shape index (κ3) is 5.19. The third-order valence-corrected chi connectivity index (χ3v) is 2.80. The molecule has 0 aliphatic heterocycles. The monoisotopic (exact) mass is 253 g/mol. The Hall–Kier alpha value is -0.870. The molecule has 18 heavy (non-hydrogen) atoms. The van der Waals surface area contributed by atoms with E-state index in [1.165, 1.54) is 0 Å². The molecule has 0 aliphatic carbocycles. The van der Waals surface area contributed by atoms with Crippen LogP contribution in [0.15, 0.2) is 12.4 Å². The molecule has 0 bridgehead atoms. The molecular weight excluding hydrogens is 226 g/mol. The predicted octanol–water partition coefficient (Wildman–Crippen LogP) is 1.97. The van der Waals surface area contributed by atoms with Gasteiger partial charge in [-0.1, -0.05) is 6.92 Å². The second-order valence-corrected chi connectivity index (χ2v) is 6.31. The van der Waals surface area contributed by atoms with Gasteiger partial charge in [-0.2, -0.15) is 0 Å². The first-order valence-electron chi connectivity index (χ1n) is 6.71. The number of hydrogen-bond donors (Lipinski definition) is 2. The standard InChI is InChI=1S/C14H27N3O/c1-6-8-17-9-7-15-12(17)10-14(5,18)11-16-13(2,3)4/h7,9,16,18H,6,8,10-11H2,1-5H3. The van der Waals surface area contributed by atoms with E-state index in [-0.39, 0.29) is 5.54 Å². The van der Waals surface area contributed by atoms with Crippen molar-refractivity contribution in [3.63, 3.8) is 0 Å². The SMILES string of the molecule is CCCn1ccnc1CC(C)(O)CNC(C)(C)C. The molecule has 104 valence electrons. The van der Waals surface area contributed by atoms with Crippen LogP contribution >= 0.6 is 0 Å². The largest absolute Gasteiger partial charge is 0.388 e. The number of rotatable bonds is 6. The van der Waals surface area contributed by atoms with Gasteiger partial charge in [-0.15, -0.1) is 0 Å². The van der Waals surface area contributed by atoms with Crippen LogP contribution in [0.3, 0.4) is 0 Å². The first kappa shape index (κ1) is 15.2. The summed E-state index contributed by atoms with van der Waals surface area (Å²) in [4.78, 5) is 4.34. The summed E-state index contributed by atoms with van der Waals surface area (Å²) in [6.45, 7) is 11.8. The lowest BCUT2D eigenvalue weighted by Crippen LogP contribution is -2.47. The van der Waals surface area contributed by atoms with Gasteiger partial charge in [0.05, 0.1) is 5.60 Å². The molecule has 1 aromatic rings. The fourth-order valence-electron chi connectivity index (χ4n) is 1.81. The molecule has 4 heteroatoms. The van der Waals surface area contributed by atoms with Crippen molar-refractivity contribution in [2.45, 2.75) is 65.1 Å². The predicted molar refractivity (Wildman–Crippen MR) is 74.6 cm³/mol. The summed E-state index contributed by atoms with van der Waals surface area (Å²) in [5.41, 5.74) is -0.757. The van der Waals surface area contributed by atoms with Crippen LogP contribution < -0.4 is 5.32 Å². The van der Waals surface area contributed by atoms with Crippen LogP contribution in [0.1, 0.15) is 46.9 Å². The molecule has 0 aromatic carbocycles. The van der Waals surface area contributed by atoms with Crippen LogP contribution in [0.2, 0.25) is 0 Å². The number of nitrogens with one attached hydrogen (secondary N) is 1. The molecule has 1 atom stereocenters. The van der Waals surface area contributed by atoms with E-state index in [0.29, 0.717) is 13.0 Å². The van der Waals surface area contributed by atoms with Crippen molar-refractivity contribution in [1.29, 1.82) is 0 Å². The van der Waals surface area contributed by atoms with Gasteiger partial charge < -0.3 is 15.0 Å². The second kappa shape index (κ2) is 5.85. The summed E-state index contributed by atoms with van der Waals surface area (Å²) < 4.78 is 2.12. The van der Waals surface area contributed by atoms with Crippen molar-refractivity contribution < 1.29 is 5.11 Å². The molecule has 1 heterocycles. The summed E-state index contributed by atoms with van der Waals surface area (Å²) >= 11 is 0. The molecule has 4 nitrogen and oxygen atoms in total. The molecule has 1 rings (SSSR count). The van der Waals surface area contributed by atoms with E-state index in [1.807, 2.05) is 13.1 Å². The topological polar surface area (TPSA) is 50.1 Å². The minimum absolute atomic E-state index is 0.0167. The Labute approximate surface area is 110 Å². The third-order valence-electron chi connectivity index (χ3n) is 2.80. The van der Waals surface area contributed by atoms with E-state index in [1.54, 1.807) is 6.20 Å². The number of imidazole rings is 1. The maximum absolute atomic E-state index is 10.4. The minimum Gasteiger partial charge on any atom is -0.388 e. The van der Waals surface area contributed by atoms with Gasteiger partial charge in [0.1, 0.15) is 5.82 Å². The maximum atomic E-state index is 10.4. The minimum atomic E-state index is -0.774. The Kier molecular flexibility index (Phi) is 4.93. The molecule has 0 radical (unpaired) electrons. The highest BCUT2D eigenvalue weighted by molar-refractivity contribution is 4.98. The number of aryl methyl sites for hydroxylation is 1. The molecule has 0 fully saturated rings. The van der Waals surface area contributed by atoms with Gasteiger partial charge in [-0.25, -0.2) is 4.98 Å². The number of aromatic nitrogens is 2. The van der Waals surface area contributed by atoms with Gasteiger partial charge in [0.15, 0.2) is 0 Å². The van der Waals surface area contributed by atoms with Crippen LogP contribution in [0.25, 0.3) is 0 Å². The van der Waals surface area contributed by atoms with Crippen LogP contribution in [-0.4, -0.2) is 32.3 Å². The zero-order valence-corrected chi connectivity index (χ0v) is 12.3. The van der Waals surface area contributed by atoms with Gasteiger partial charge in [-0.3, -0.25) is 0 Å². The van der Waals surface area contributed by atoms with Crippen molar-refractivity contribution >= 4 is 0 Å². The first-order chi connectivity index (χ1) is 8.23. The lowest BCUT2D eigenvalue weighted by atomic mass is 9.99. The maximum Gasteiger partial charge on any atom is 0.111 e. The van der Waals surface area contributed by atoms with E-state index in [4.69, 9.17) is 0 Å². The Bertz CT molecular complexity index is 363. The van der Waals surface area contributed by atoms with Crippen LogP contribution in [0, 0.1) is 0 Å². The summed E-state index contributed by atoms with van der Waals surface area (Å²) in [7, 11) is 0. The molecule has 1 unspecified atom stereocenters. The average Bonchev–Trinajstić information content (AvgIpc) is 2.62. The molecule has 1 aromatic heterocycles. The van der Waals surface area contributed by atoms with Crippen LogP contribution in [0.4, 0.5) is 0 Å². The highest BCUT2D eigenvalue weighted by Gasteiger charge is 2.25. The van der Waals surface area contributed by atoms with Gasteiger partial charge in [0.2, 0.25) is 0 Å². The van der Waals surface area contributed by atoms with Crippen LogP contribution in [0.5, 0.6) is 0 Å². The summed E-state index contributed by atoms with van der Waals surface area (Å²) in [6.07, 6.45) is 5.43. The Morgan fingerprint density at radius 3 is 2.56 bits per heavy atom. The second-order valence-electron chi connectivity index (χ2n) is 6.31. The van der Waals surface area contributed by atoms with Crippen LogP contribution in [-0.2, 0) is 13.0 Å². The summed E-state index contributed by atoms with van der Waals surface area (Å²) in [5.74, 6) is 0.956. The Morgan fingerprint density at radius 1 is 1.33 bits per heavy atom. The van der Waals surface area contributed by atoms with E-state index in [9.17, 15) is 5.11 Å². The van der Waals surface area contributed by atoms with Crippen molar-refractivity contribution in [2.24, 2.45) is 0 Å². The molecule has 0 saturated heterocycles. The smallest absolute Gasteiger partial charge is 0.111 e. The van der Waals surface area contributed by atoms with Gasteiger partial charge in [0, 0.05) is 37.4 Å². The van der Waals surface area contributed by atoms with Crippen molar-refractivity contribution in [2.75, 3.05) is 6.54 Å². The van der Waals surface area contributed by atoms with Crippen molar-refractivity contribution in [3.8, 4) is 0 Å².